The van der Waals surface area contributed by atoms with Crippen molar-refractivity contribution in [1.29, 1.82) is 0 Å². The summed E-state index contributed by atoms with van der Waals surface area (Å²) in [6.45, 7) is 2.10. The van der Waals surface area contributed by atoms with Crippen molar-refractivity contribution in [2.24, 2.45) is 5.41 Å². The molecule has 0 radical (unpaired) electrons. The molecule has 2 fully saturated rings. The summed E-state index contributed by atoms with van der Waals surface area (Å²) in [5.74, 6) is 1.22. The van der Waals surface area contributed by atoms with Gasteiger partial charge in [0.1, 0.15) is 11.5 Å². The van der Waals surface area contributed by atoms with Gasteiger partial charge in [0.25, 0.3) is 0 Å². The maximum Gasteiger partial charge on any atom is 0.123 e. The Balaban J connectivity index is 1.56. The molecular formula is C29H32O2. The summed E-state index contributed by atoms with van der Waals surface area (Å²) >= 11 is 0. The molecule has 2 spiro atoms. The van der Waals surface area contributed by atoms with Crippen molar-refractivity contribution >= 4 is 10.8 Å². The normalized spacial score (nSPS) is 20.7. The molecule has 31 heavy (non-hydrogen) atoms. The number of aryl methyl sites for hydroxylation is 1. The number of phenolic OH excluding ortho intramolecular Hbond substituents is 1. The second-order valence-corrected chi connectivity index (χ2v) is 10.4. The smallest absolute Gasteiger partial charge is 0.123 e. The molecule has 0 heterocycles. The predicted octanol–water partition coefficient (Wildman–Crippen LogP) is 7.65. The molecule has 3 aromatic rings. The monoisotopic (exact) mass is 412 g/mol. The third-order valence-electron chi connectivity index (χ3n) is 8.94. The fraction of sp³-hybridized carbons (Fsp3) is 0.448. The minimum absolute atomic E-state index is 0.0497. The Kier molecular flexibility index (Phi) is 4.19. The first-order chi connectivity index (χ1) is 15.1. The SMILES string of the molecule is COc1cc2c(O)cc3c(c2cc1C)-c1ccccc1C31CCC2(CCCCC2)CC1. The van der Waals surface area contributed by atoms with E-state index in [4.69, 9.17) is 4.74 Å². The summed E-state index contributed by atoms with van der Waals surface area (Å²) in [5, 5.41) is 13.2. The highest BCUT2D eigenvalue weighted by molar-refractivity contribution is 6.06. The van der Waals surface area contributed by atoms with Gasteiger partial charge in [0.2, 0.25) is 0 Å². The molecule has 3 aliphatic carbocycles. The van der Waals surface area contributed by atoms with Gasteiger partial charge < -0.3 is 9.84 Å². The zero-order valence-corrected chi connectivity index (χ0v) is 18.8. The summed E-state index contributed by atoms with van der Waals surface area (Å²) in [7, 11) is 1.70. The Morgan fingerprint density at radius 1 is 0.806 bits per heavy atom. The average Bonchev–Trinajstić information content (AvgIpc) is 3.06. The van der Waals surface area contributed by atoms with Crippen LogP contribution in [0.5, 0.6) is 11.5 Å². The largest absolute Gasteiger partial charge is 0.507 e. The Morgan fingerprint density at radius 3 is 2.29 bits per heavy atom. The predicted molar refractivity (Wildman–Crippen MR) is 127 cm³/mol. The van der Waals surface area contributed by atoms with E-state index < -0.39 is 0 Å². The lowest BCUT2D eigenvalue weighted by Gasteiger charge is -2.48. The van der Waals surface area contributed by atoms with Crippen LogP contribution in [0.3, 0.4) is 0 Å². The van der Waals surface area contributed by atoms with Crippen molar-refractivity contribution < 1.29 is 9.84 Å². The zero-order valence-electron chi connectivity index (χ0n) is 18.8. The number of ether oxygens (including phenoxy) is 1. The topological polar surface area (TPSA) is 29.5 Å². The molecule has 2 saturated carbocycles. The molecule has 0 unspecified atom stereocenters. The van der Waals surface area contributed by atoms with Gasteiger partial charge in [-0.1, -0.05) is 43.5 Å². The van der Waals surface area contributed by atoms with E-state index >= 15 is 0 Å². The van der Waals surface area contributed by atoms with E-state index in [1.807, 2.05) is 6.07 Å². The first kappa shape index (κ1) is 19.2. The van der Waals surface area contributed by atoms with Gasteiger partial charge in [-0.15, -0.1) is 0 Å². The Morgan fingerprint density at radius 2 is 1.55 bits per heavy atom. The Hall–Kier alpha value is -2.48. The van der Waals surface area contributed by atoms with Gasteiger partial charge in [-0.3, -0.25) is 0 Å². The highest BCUT2D eigenvalue weighted by Crippen LogP contribution is 2.62. The third kappa shape index (κ3) is 2.63. The van der Waals surface area contributed by atoms with Crippen molar-refractivity contribution in [3.63, 3.8) is 0 Å². The molecule has 6 rings (SSSR count). The summed E-state index contributed by atoms with van der Waals surface area (Å²) < 4.78 is 5.56. The molecule has 160 valence electrons. The van der Waals surface area contributed by atoms with Gasteiger partial charge in [-0.05, 0) is 102 Å². The summed E-state index contributed by atoms with van der Waals surface area (Å²) in [5.41, 5.74) is 7.29. The highest BCUT2D eigenvalue weighted by atomic mass is 16.5. The number of rotatable bonds is 1. The lowest BCUT2D eigenvalue weighted by atomic mass is 9.56. The molecule has 3 aromatic carbocycles. The van der Waals surface area contributed by atoms with E-state index in [-0.39, 0.29) is 5.41 Å². The van der Waals surface area contributed by atoms with E-state index in [9.17, 15) is 5.11 Å². The minimum atomic E-state index is 0.0497. The quantitative estimate of drug-likeness (QED) is 0.445. The number of hydrogen-bond acceptors (Lipinski definition) is 2. The molecule has 0 aliphatic heterocycles. The zero-order chi connectivity index (χ0) is 21.2. The summed E-state index contributed by atoms with van der Waals surface area (Å²) in [6.07, 6.45) is 12.1. The van der Waals surface area contributed by atoms with Crippen molar-refractivity contribution in [2.75, 3.05) is 7.11 Å². The molecule has 0 amide bonds. The van der Waals surface area contributed by atoms with E-state index in [1.54, 1.807) is 7.11 Å². The van der Waals surface area contributed by atoms with Crippen LogP contribution in [0.4, 0.5) is 0 Å². The van der Waals surface area contributed by atoms with Gasteiger partial charge >= 0.3 is 0 Å². The molecule has 2 nitrogen and oxygen atoms in total. The van der Waals surface area contributed by atoms with Crippen molar-refractivity contribution in [1.82, 2.24) is 0 Å². The van der Waals surface area contributed by atoms with Crippen LogP contribution in [0.1, 0.15) is 74.5 Å². The lowest BCUT2D eigenvalue weighted by Crippen LogP contribution is -2.38. The standard InChI is InChI=1S/C29H32O2/c1-19-16-22-21(17-26(19)31-2)25(30)18-24-27(22)20-8-4-5-9-23(20)29(24)14-12-28(13-15-29)10-6-3-7-11-28/h4-5,8-9,16-18,30H,3,6-7,10-15H2,1-2H3. The van der Waals surface area contributed by atoms with Crippen molar-refractivity contribution in [2.45, 2.75) is 70.1 Å². The fourth-order valence-corrected chi connectivity index (χ4v) is 7.24. The molecule has 2 heteroatoms. The molecule has 0 saturated heterocycles. The van der Waals surface area contributed by atoms with Crippen LogP contribution in [0.25, 0.3) is 21.9 Å². The van der Waals surface area contributed by atoms with Crippen LogP contribution in [-0.2, 0) is 5.41 Å². The number of fused-ring (bicyclic) bond motifs is 7. The second-order valence-electron chi connectivity index (χ2n) is 10.4. The molecular weight excluding hydrogens is 380 g/mol. The van der Waals surface area contributed by atoms with Gasteiger partial charge in [-0.25, -0.2) is 0 Å². The third-order valence-corrected chi connectivity index (χ3v) is 8.94. The van der Waals surface area contributed by atoms with Crippen molar-refractivity contribution in [3.05, 3.63) is 59.2 Å². The summed E-state index contributed by atoms with van der Waals surface area (Å²) in [4.78, 5) is 0. The molecule has 1 N–H and O–H groups in total. The van der Waals surface area contributed by atoms with Gasteiger partial charge in [-0.2, -0.15) is 0 Å². The highest BCUT2D eigenvalue weighted by Gasteiger charge is 2.49. The van der Waals surface area contributed by atoms with E-state index in [0.717, 1.165) is 22.1 Å². The lowest BCUT2D eigenvalue weighted by molar-refractivity contribution is 0.0951. The number of aromatic hydroxyl groups is 1. The number of phenols is 1. The number of methoxy groups -OCH3 is 1. The van der Waals surface area contributed by atoms with E-state index in [0.29, 0.717) is 11.2 Å². The van der Waals surface area contributed by atoms with Crippen LogP contribution < -0.4 is 4.74 Å². The van der Waals surface area contributed by atoms with Crippen LogP contribution in [-0.4, -0.2) is 12.2 Å². The van der Waals surface area contributed by atoms with E-state index in [2.05, 4.69) is 43.3 Å². The minimum Gasteiger partial charge on any atom is -0.507 e. The summed E-state index contributed by atoms with van der Waals surface area (Å²) in [6, 6.07) is 15.3. The molecule has 0 aromatic heterocycles. The van der Waals surface area contributed by atoms with Gasteiger partial charge in [0.15, 0.2) is 0 Å². The fourth-order valence-electron chi connectivity index (χ4n) is 7.24. The maximum absolute atomic E-state index is 11.1. The van der Waals surface area contributed by atoms with Crippen LogP contribution in [0.15, 0.2) is 42.5 Å². The maximum atomic E-state index is 11.1. The Bertz CT molecular complexity index is 1170. The van der Waals surface area contributed by atoms with Crippen LogP contribution >= 0.6 is 0 Å². The number of benzene rings is 3. The molecule has 0 atom stereocenters. The van der Waals surface area contributed by atoms with Crippen LogP contribution in [0.2, 0.25) is 0 Å². The van der Waals surface area contributed by atoms with Gasteiger partial charge in [0.05, 0.1) is 7.11 Å². The number of hydrogen-bond donors (Lipinski definition) is 1. The average molecular weight is 413 g/mol. The van der Waals surface area contributed by atoms with Gasteiger partial charge in [0, 0.05) is 10.8 Å². The van der Waals surface area contributed by atoms with E-state index in [1.165, 1.54) is 80.0 Å². The molecule has 3 aliphatic rings. The first-order valence-corrected chi connectivity index (χ1v) is 12.0. The first-order valence-electron chi connectivity index (χ1n) is 12.0. The van der Waals surface area contributed by atoms with Crippen LogP contribution in [0, 0.1) is 12.3 Å². The molecule has 0 bridgehead atoms. The second kappa shape index (κ2) is 6.76. The Labute approximate surface area is 185 Å². The van der Waals surface area contributed by atoms with Crippen molar-refractivity contribution in [3.8, 4) is 22.6 Å².